The lowest BCUT2D eigenvalue weighted by Crippen LogP contribution is -2.12. The van der Waals surface area contributed by atoms with E-state index in [1.807, 2.05) is 6.92 Å². The zero-order valence-electron chi connectivity index (χ0n) is 6.72. The number of rotatable bonds is 1. The van der Waals surface area contributed by atoms with Gasteiger partial charge in [-0.3, -0.25) is 4.79 Å². The van der Waals surface area contributed by atoms with Crippen LogP contribution in [0.1, 0.15) is 5.56 Å². The van der Waals surface area contributed by atoms with Crippen molar-refractivity contribution in [2.45, 2.75) is 6.92 Å². The highest BCUT2D eigenvalue weighted by molar-refractivity contribution is 6.71. The van der Waals surface area contributed by atoms with Gasteiger partial charge in [-0.2, -0.15) is 0 Å². The predicted octanol–water partition coefficient (Wildman–Crippen LogP) is 3.97. The molecule has 1 amide bonds. The number of nitrogens with zero attached hydrogens (tertiary/aromatic N) is 1. The Bertz CT molecular complexity index is 340. The van der Waals surface area contributed by atoms with Gasteiger partial charge in [0.05, 0.1) is 5.69 Å². The fourth-order valence-corrected chi connectivity index (χ4v) is 1.17. The first-order valence-electron chi connectivity index (χ1n) is 3.44. The molecule has 0 fully saturated rings. The number of carbonyl (C=O) groups excluding carboxylic acids is 1. The summed E-state index contributed by atoms with van der Waals surface area (Å²) in [5, 5.41) is -0.126. The minimum atomic E-state index is -0.747. The molecule has 0 aliphatic heterocycles. The summed E-state index contributed by atoms with van der Waals surface area (Å²) in [6.45, 7) is 1.81. The minimum Gasteiger partial charge on any atom is -0.254 e. The van der Waals surface area contributed by atoms with Crippen molar-refractivity contribution in [1.29, 1.82) is 0 Å². The van der Waals surface area contributed by atoms with Crippen molar-refractivity contribution in [3.63, 3.8) is 0 Å². The number of hydrogen-bond donors (Lipinski definition) is 0. The maximum absolute atomic E-state index is 10.7. The van der Waals surface area contributed by atoms with E-state index in [9.17, 15) is 4.79 Å². The van der Waals surface area contributed by atoms with E-state index < -0.39 is 5.37 Å². The van der Waals surface area contributed by atoms with Crippen molar-refractivity contribution in [2.75, 3.05) is 4.42 Å². The van der Waals surface area contributed by atoms with Gasteiger partial charge in [-0.25, -0.2) is 4.42 Å². The number of carbonyl (C=O) groups is 1. The molecule has 0 bridgehead atoms. The van der Waals surface area contributed by atoms with Gasteiger partial charge in [0.2, 0.25) is 0 Å². The van der Waals surface area contributed by atoms with Crippen LogP contribution in [-0.2, 0) is 0 Å². The van der Waals surface area contributed by atoms with Crippen molar-refractivity contribution in [3.05, 3.63) is 28.8 Å². The van der Waals surface area contributed by atoms with E-state index in [4.69, 9.17) is 35.0 Å². The molecule has 0 N–H and O–H groups in total. The molecular formula is C8H6Cl3NO. The molecule has 1 rings (SSSR count). The Hall–Kier alpha value is -0.440. The Kier molecular flexibility index (Phi) is 3.42. The predicted molar refractivity (Wildman–Crippen MR) is 55.8 cm³/mol. The fourth-order valence-electron chi connectivity index (χ4n) is 0.852. The van der Waals surface area contributed by atoms with Crippen LogP contribution in [0.5, 0.6) is 0 Å². The molecule has 0 unspecified atom stereocenters. The summed E-state index contributed by atoms with van der Waals surface area (Å²) in [6.07, 6.45) is 0. The monoisotopic (exact) mass is 237 g/mol. The van der Waals surface area contributed by atoms with Crippen LogP contribution < -0.4 is 4.42 Å². The Balaban J connectivity index is 3.03. The molecule has 2 nitrogen and oxygen atoms in total. The number of benzene rings is 1. The topological polar surface area (TPSA) is 20.3 Å². The van der Waals surface area contributed by atoms with Crippen LogP contribution in [0, 0.1) is 6.92 Å². The Morgan fingerprint density at radius 1 is 1.46 bits per heavy atom. The van der Waals surface area contributed by atoms with Gasteiger partial charge in [-0.1, -0.05) is 11.6 Å². The zero-order valence-corrected chi connectivity index (χ0v) is 8.99. The molecule has 13 heavy (non-hydrogen) atoms. The van der Waals surface area contributed by atoms with Crippen LogP contribution in [-0.4, -0.2) is 5.37 Å². The van der Waals surface area contributed by atoms with Gasteiger partial charge >= 0.3 is 5.37 Å². The van der Waals surface area contributed by atoms with Crippen molar-refractivity contribution < 1.29 is 4.79 Å². The molecule has 0 radical (unpaired) electrons. The number of halogens is 3. The molecule has 5 heteroatoms. The maximum atomic E-state index is 10.7. The quantitative estimate of drug-likeness (QED) is 0.412. The highest BCUT2D eigenvalue weighted by Crippen LogP contribution is 2.24. The third-order valence-electron chi connectivity index (χ3n) is 1.52. The first kappa shape index (κ1) is 10.6. The SMILES string of the molecule is Cc1cc(N(Cl)C(=O)Cl)ccc1Cl. The average Bonchev–Trinajstić information content (AvgIpc) is 2.08. The molecule has 1 aromatic carbocycles. The van der Waals surface area contributed by atoms with Gasteiger partial charge in [0.1, 0.15) is 0 Å². The van der Waals surface area contributed by atoms with Crippen LogP contribution in [0.3, 0.4) is 0 Å². The maximum Gasteiger partial charge on any atom is 0.335 e. The van der Waals surface area contributed by atoms with E-state index in [0.29, 0.717) is 10.7 Å². The van der Waals surface area contributed by atoms with Gasteiger partial charge < -0.3 is 0 Å². The van der Waals surface area contributed by atoms with E-state index in [2.05, 4.69) is 0 Å². The lowest BCUT2D eigenvalue weighted by atomic mass is 10.2. The van der Waals surface area contributed by atoms with Crippen molar-refractivity contribution >= 4 is 46.0 Å². The number of anilines is 1. The molecule has 0 aromatic heterocycles. The van der Waals surface area contributed by atoms with Crippen molar-refractivity contribution in [3.8, 4) is 0 Å². The summed E-state index contributed by atoms with van der Waals surface area (Å²) in [5.74, 6) is 0. The molecular weight excluding hydrogens is 232 g/mol. The zero-order chi connectivity index (χ0) is 10.0. The molecule has 0 aliphatic rings. The second kappa shape index (κ2) is 4.18. The molecule has 0 heterocycles. The summed E-state index contributed by atoms with van der Waals surface area (Å²) in [5.41, 5.74) is 1.34. The van der Waals surface area contributed by atoms with Gasteiger partial charge in [0, 0.05) is 16.8 Å². The summed E-state index contributed by atoms with van der Waals surface area (Å²) < 4.78 is 0.824. The first-order valence-corrected chi connectivity index (χ1v) is 4.53. The highest BCUT2D eigenvalue weighted by atomic mass is 35.5. The molecule has 70 valence electrons. The molecule has 0 saturated heterocycles. The smallest absolute Gasteiger partial charge is 0.254 e. The second-order valence-corrected chi connectivity index (χ2v) is 3.54. The van der Waals surface area contributed by atoms with Crippen LogP contribution in [0.25, 0.3) is 0 Å². The van der Waals surface area contributed by atoms with Crippen LogP contribution in [0.2, 0.25) is 5.02 Å². The number of amides is 1. The van der Waals surface area contributed by atoms with Gasteiger partial charge in [0.25, 0.3) is 0 Å². The van der Waals surface area contributed by atoms with Gasteiger partial charge in [0.15, 0.2) is 0 Å². The number of hydrogen-bond acceptors (Lipinski definition) is 1. The molecule has 1 aromatic rings. The molecule has 0 atom stereocenters. The lowest BCUT2D eigenvalue weighted by molar-refractivity contribution is 0.267. The summed E-state index contributed by atoms with van der Waals surface area (Å²) >= 11 is 16.5. The van der Waals surface area contributed by atoms with Crippen LogP contribution in [0.4, 0.5) is 10.5 Å². The Labute approximate surface area is 91.1 Å². The number of aryl methyl sites for hydroxylation is 1. The van der Waals surface area contributed by atoms with E-state index in [-0.39, 0.29) is 0 Å². The molecule has 0 spiro atoms. The van der Waals surface area contributed by atoms with E-state index in [0.717, 1.165) is 9.98 Å². The van der Waals surface area contributed by atoms with Crippen LogP contribution in [0.15, 0.2) is 18.2 Å². The minimum absolute atomic E-state index is 0.503. The summed E-state index contributed by atoms with van der Waals surface area (Å²) in [6, 6.07) is 4.94. The Morgan fingerprint density at radius 3 is 2.54 bits per heavy atom. The molecule has 0 saturated carbocycles. The third kappa shape index (κ3) is 2.50. The van der Waals surface area contributed by atoms with Crippen LogP contribution >= 0.6 is 35.0 Å². The third-order valence-corrected chi connectivity index (χ3v) is 2.55. The molecule has 0 aliphatic carbocycles. The van der Waals surface area contributed by atoms with Crippen molar-refractivity contribution in [2.24, 2.45) is 0 Å². The van der Waals surface area contributed by atoms with Crippen molar-refractivity contribution in [1.82, 2.24) is 0 Å². The summed E-state index contributed by atoms with van der Waals surface area (Å²) in [4.78, 5) is 10.7. The standard InChI is InChI=1S/C8H6Cl3NO/c1-5-4-6(2-3-7(5)9)12(11)8(10)13/h2-4H,1H3. The largest absolute Gasteiger partial charge is 0.335 e. The summed E-state index contributed by atoms with van der Waals surface area (Å²) in [7, 11) is 0. The lowest BCUT2D eigenvalue weighted by Gasteiger charge is -2.10. The van der Waals surface area contributed by atoms with E-state index in [1.54, 1.807) is 18.2 Å². The second-order valence-electron chi connectivity index (χ2n) is 2.47. The van der Waals surface area contributed by atoms with Gasteiger partial charge in [-0.15, -0.1) is 0 Å². The average molecular weight is 239 g/mol. The van der Waals surface area contributed by atoms with Gasteiger partial charge in [-0.05, 0) is 42.3 Å². The first-order chi connectivity index (χ1) is 6.02. The fraction of sp³-hybridized carbons (Fsp3) is 0.125. The Morgan fingerprint density at radius 2 is 2.08 bits per heavy atom. The van der Waals surface area contributed by atoms with E-state index >= 15 is 0 Å². The van der Waals surface area contributed by atoms with E-state index in [1.165, 1.54) is 0 Å². The highest BCUT2D eigenvalue weighted by Gasteiger charge is 2.10. The normalized spacial score (nSPS) is 9.85.